The van der Waals surface area contributed by atoms with Gasteiger partial charge in [-0.2, -0.15) is 0 Å². The van der Waals surface area contributed by atoms with Gasteiger partial charge in [0.05, 0.1) is 26.4 Å². The maximum Gasteiger partial charge on any atom is 0.472 e. The molecule has 3 unspecified atom stereocenters. The van der Waals surface area contributed by atoms with Crippen molar-refractivity contribution in [2.75, 3.05) is 26.4 Å². The van der Waals surface area contributed by atoms with E-state index in [0.29, 0.717) is 12.8 Å². The van der Waals surface area contributed by atoms with Crippen molar-refractivity contribution in [3.63, 3.8) is 0 Å². The van der Waals surface area contributed by atoms with E-state index in [2.05, 4.69) is 62.5 Å². The maximum absolute atomic E-state index is 12.2. The van der Waals surface area contributed by atoms with Gasteiger partial charge in [0.2, 0.25) is 0 Å². The highest BCUT2D eigenvalue weighted by atomic mass is 31.2. The number of ether oxygens (including phenoxy) is 2. The summed E-state index contributed by atoms with van der Waals surface area (Å²) >= 11 is 0. The first-order valence-corrected chi connectivity index (χ1v) is 17.6. The first kappa shape index (κ1) is 41.9. The molecular weight excluding hydrogens is 587 g/mol. The first-order valence-electron chi connectivity index (χ1n) is 16.1. The molecule has 0 spiro atoms. The van der Waals surface area contributed by atoms with Crippen LogP contribution in [0.4, 0.5) is 0 Å². The van der Waals surface area contributed by atoms with E-state index >= 15 is 0 Å². The van der Waals surface area contributed by atoms with E-state index in [1.54, 1.807) is 0 Å². The number of rotatable bonds is 29. The smallest absolute Gasteiger partial charge is 0.457 e. The molecule has 0 amide bonds. The normalized spacial score (nSPS) is 14.9. The monoisotopic (exact) mass is 644 g/mol. The van der Waals surface area contributed by atoms with Crippen LogP contribution in [0, 0.1) is 0 Å². The first-order chi connectivity index (χ1) is 21.3. The summed E-state index contributed by atoms with van der Waals surface area (Å²) in [4.78, 5) is 34.0. The minimum Gasteiger partial charge on any atom is -0.457 e. The van der Waals surface area contributed by atoms with Gasteiger partial charge in [-0.1, -0.05) is 94.6 Å². The second-order valence-electron chi connectivity index (χ2n) is 10.4. The van der Waals surface area contributed by atoms with E-state index in [0.717, 1.165) is 70.6 Å². The molecule has 0 rings (SSSR count). The highest BCUT2D eigenvalue weighted by Gasteiger charge is 2.27. The Morgan fingerprint density at radius 2 is 1.07 bits per heavy atom. The van der Waals surface area contributed by atoms with Crippen molar-refractivity contribution in [1.29, 1.82) is 0 Å². The zero-order valence-electron chi connectivity index (χ0n) is 26.9. The van der Waals surface area contributed by atoms with Gasteiger partial charge >= 0.3 is 19.8 Å². The Bertz CT molecular complexity index is 884. The van der Waals surface area contributed by atoms with Crippen LogP contribution >= 0.6 is 7.82 Å². The van der Waals surface area contributed by atoms with Crippen molar-refractivity contribution in [3.05, 3.63) is 48.6 Å². The summed E-state index contributed by atoms with van der Waals surface area (Å²) in [7, 11) is -4.63. The van der Waals surface area contributed by atoms with Crippen LogP contribution in [0.1, 0.15) is 110 Å². The van der Waals surface area contributed by atoms with Gasteiger partial charge in [0.25, 0.3) is 0 Å². The minimum atomic E-state index is -4.63. The number of hydrogen-bond donors (Lipinski definition) is 3. The number of aliphatic hydroxyl groups excluding tert-OH is 2. The lowest BCUT2D eigenvalue weighted by molar-refractivity contribution is -0.153. The fourth-order valence-electron chi connectivity index (χ4n) is 3.81. The standard InChI is InChI=1S/C33H57O10P/c1-3-5-7-9-11-12-13-14-15-16-17-18-19-21-23-25-33(37)43-31(27-35)29-41-44(38,39)40-28-30(26-34)42-32(36)24-22-20-10-8-6-4-2/h5,7,11-12,14-15,17-18,30-31,34-35H,3-4,6,8-10,13,16,19-29H2,1-2H3,(H,38,39)/b7-5-,12-11-,15-14-,18-17-. The minimum absolute atomic E-state index is 0.138. The average Bonchev–Trinajstić information content (AvgIpc) is 3.01. The number of hydrogen-bond acceptors (Lipinski definition) is 9. The summed E-state index contributed by atoms with van der Waals surface area (Å²) in [6.07, 6.45) is 27.1. The summed E-state index contributed by atoms with van der Waals surface area (Å²) in [6.45, 7) is 1.91. The molecule has 0 aliphatic heterocycles. The summed E-state index contributed by atoms with van der Waals surface area (Å²) < 4.78 is 32.1. The quantitative estimate of drug-likeness (QED) is 0.0335. The molecule has 11 heteroatoms. The molecule has 0 aromatic carbocycles. The highest BCUT2D eigenvalue weighted by molar-refractivity contribution is 7.47. The summed E-state index contributed by atoms with van der Waals surface area (Å²) in [6, 6.07) is 0. The zero-order chi connectivity index (χ0) is 32.7. The SMILES string of the molecule is CC/C=C\C/C=C\C/C=C\C/C=C\CCCCC(=O)OC(CO)COP(=O)(O)OCC(CO)OC(=O)CCCCCCCC. The number of unbranched alkanes of at least 4 members (excludes halogenated alkanes) is 7. The second kappa shape index (κ2) is 29.6. The van der Waals surface area contributed by atoms with E-state index in [4.69, 9.17) is 18.5 Å². The van der Waals surface area contributed by atoms with Crippen LogP contribution in [0.25, 0.3) is 0 Å². The maximum atomic E-state index is 12.2. The van der Waals surface area contributed by atoms with Crippen molar-refractivity contribution in [1.82, 2.24) is 0 Å². The van der Waals surface area contributed by atoms with Gasteiger partial charge in [0.15, 0.2) is 0 Å². The Morgan fingerprint density at radius 3 is 1.55 bits per heavy atom. The van der Waals surface area contributed by atoms with E-state index in [1.165, 1.54) is 0 Å². The van der Waals surface area contributed by atoms with Crippen molar-refractivity contribution in [3.8, 4) is 0 Å². The molecule has 0 radical (unpaired) electrons. The van der Waals surface area contributed by atoms with Crippen LogP contribution in [0.3, 0.4) is 0 Å². The van der Waals surface area contributed by atoms with E-state index in [-0.39, 0.29) is 12.8 Å². The molecule has 0 saturated carbocycles. The highest BCUT2D eigenvalue weighted by Crippen LogP contribution is 2.43. The topological polar surface area (TPSA) is 149 Å². The molecule has 0 heterocycles. The van der Waals surface area contributed by atoms with E-state index in [1.807, 2.05) is 0 Å². The van der Waals surface area contributed by atoms with Crippen molar-refractivity contribution < 1.29 is 47.8 Å². The van der Waals surface area contributed by atoms with Gasteiger partial charge in [-0.15, -0.1) is 0 Å². The van der Waals surface area contributed by atoms with Gasteiger partial charge in [0.1, 0.15) is 12.2 Å². The summed E-state index contributed by atoms with van der Waals surface area (Å²) in [5.74, 6) is -1.08. The number of allylic oxidation sites excluding steroid dienone is 8. The molecule has 0 bridgehead atoms. The number of carbonyl (C=O) groups is 2. The Balaban J connectivity index is 4.12. The van der Waals surface area contributed by atoms with Crippen LogP contribution in [-0.4, -0.2) is 65.7 Å². The molecule has 0 aliphatic rings. The van der Waals surface area contributed by atoms with Crippen molar-refractivity contribution in [2.24, 2.45) is 0 Å². The molecular formula is C33H57O10P. The van der Waals surface area contributed by atoms with Gasteiger partial charge in [-0.25, -0.2) is 4.57 Å². The molecule has 0 saturated heterocycles. The summed E-state index contributed by atoms with van der Waals surface area (Å²) in [5, 5.41) is 18.9. The Hall–Kier alpha value is -2.07. The average molecular weight is 645 g/mol. The predicted molar refractivity (Wildman–Crippen MR) is 173 cm³/mol. The lowest BCUT2D eigenvalue weighted by Crippen LogP contribution is -2.28. The van der Waals surface area contributed by atoms with Crippen molar-refractivity contribution in [2.45, 2.75) is 122 Å². The molecule has 0 aromatic heterocycles. The second-order valence-corrected chi connectivity index (χ2v) is 11.9. The molecule has 10 nitrogen and oxygen atoms in total. The number of phosphoric ester groups is 1. The third-order valence-corrected chi connectivity index (χ3v) is 7.26. The van der Waals surface area contributed by atoms with E-state index in [9.17, 15) is 29.3 Å². The third kappa shape index (κ3) is 27.5. The van der Waals surface area contributed by atoms with Crippen LogP contribution in [-0.2, 0) is 32.7 Å². The van der Waals surface area contributed by atoms with E-state index < -0.39 is 58.4 Å². The number of aliphatic hydroxyl groups is 2. The van der Waals surface area contributed by atoms with Crippen LogP contribution in [0.2, 0.25) is 0 Å². The van der Waals surface area contributed by atoms with Gasteiger partial charge in [-0.3, -0.25) is 18.6 Å². The Kier molecular flexibility index (Phi) is 28.2. The number of esters is 2. The fraction of sp³-hybridized carbons (Fsp3) is 0.697. The summed E-state index contributed by atoms with van der Waals surface area (Å²) in [5.41, 5.74) is 0. The molecule has 0 aromatic rings. The lowest BCUT2D eigenvalue weighted by atomic mass is 10.1. The largest absolute Gasteiger partial charge is 0.472 e. The lowest BCUT2D eigenvalue weighted by Gasteiger charge is -2.20. The number of phosphoric acid groups is 1. The molecule has 3 atom stereocenters. The zero-order valence-corrected chi connectivity index (χ0v) is 27.7. The Morgan fingerprint density at radius 1 is 0.636 bits per heavy atom. The molecule has 0 fully saturated rings. The fourth-order valence-corrected chi connectivity index (χ4v) is 4.59. The molecule has 0 aliphatic carbocycles. The molecule has 3 N–H and O–H groups in total. The van der Waals surface area contributed by atoms with Crippen LogP contribution in [0.15, 0.2) is 48.6 Å². The van der Waals surface area contributed by atoms with Gasteiger partial charge in [0, 0.05) is 12.8 Å². The third-order valence-electron chi connectivity index (χ3n) is 6.31. The van der Waals surface area contributed by atoms with Gasteiger partial charge in [-0.05, 0) is 51.4 Å². The molecule has 44 heavy (non-hydrogen) atoms. The van der Waals surface area contributed by atoms with Crippen LogP contribution in [0.5, 0.6) is 0 Å². The van der Waals surface area contributed by atoms with Gasteiger partial charge < -0.3 is 24.6 Å². The molecule has 254 valence electrons. The number of carbonyl (C=O) groups excluding carboxylic acids is 2. The van der Waals surface area contributed by atoms with Crippen molar-refractivity contribution >= 4 is 19.8 Å². The van der Waals surface area contributed by atoms with Crippen LogP contribution < -0.4 is 0 Å². The Labute approximate surface area is 264 Å². The predicted octanol–water partition coefficient (Wildman–Crippen LogP) is 7.04.